The van der Waals surface area contributed by atoms with Crippen LogP contribution in [-0.4, -0.2) is 40.8 Å². The van der Waals surface area contributed by atoms with Gasteiger partial charge in [-0.05, 0) is 17.4 Å². The predicted octanol–water partition coefficient (Wildman–Crippen LogP) is 2.47. The second kappa shape index (κ2) is 6.18. The summed E-state index contributed by atoms with van der Waals surface area (Å²) >= 11 is 3.06. The smallest absolute Gasteiger partial charge is 0.274 e. The number of thiophene rings is 1. The SMILES string of the molecule is CC(C)[C@H]1C(=O)NCCN1C(=O)c1csc(-c2cccs2)n1. The van der Waals surface area contributed by atoms with E-state index in [0.29, 0.717) is 18.8 Å². The number of hydrogen-bond acceptors (Lipinski definition) is 5. The minimum absolute atomic E-state index is 0.0691. The van der Waals surface area contributed by atoms with Crippen LogP contribution in [0.1, 0.15) is 24.3 Å². The van der Waals surface area contributed by atoms with Crippen molar-refractivity contribution in [3.63, 3.8) is 0 Å². The Morgan fingerprint density at radius 2 is 2.27 bits per heavy atom. The second-order valence-corrected chi connectivity index (χ2v) is 7.30. The second-order valence-electron chi connectivity index (χ2n) is 5.49. The molecule has 0 radical (unpaired) electrons. The number of carbonyl (C=O) groups excluding carboxylic acids is 2. The van der Waals surface area contributed by atoms with Gasteiger partial charge in [0.05, 0.1) is 4.88 Å². The summed E-state index contributed by atoms with van der Waals surface area (Å²) in [4.78, 5) is 31.9. The molecular formula is C15H17N3O2S2. The first-order valence-electron chi connectivity index (χ1n) is 7.16. The number of nitrogens with zero attached hydrogens (tertiary/aromatic N) is 2. The summed E-state index contributed by atoms with van der Waals surface area (Å²) in [5, 5.41) is 7.44. The Hall–Kier alpha value is -1.73. The molecule has 0 aliphatic carbocycles. The molecule has 1 N–H and O–H groups in total. The molecule has 116 valence electrons. The van der Waals surface area contributed by atoms with E-state index < -0.39 is 6.04 Å². The molecule has 1 aliphatic rings. The largest absolute Gasteiger partial charge is 0.353 e. The molecule has 0 unspecified atom stereocenters. The van der Waals surface area contributed by atoms with Crippen LogP contribution in [0.3, 0.4) is 0 Å². The number of hydrogen-bond donors (Lipinski definition) is 1. The van der Waals surface area contributed by atoms with E-state index in [1.54, 1.807) is 21.6 Å². The summed E-state index contributed by atoms with van der Waals surface area (Å²) in [6.45, 7) is 4.93. The highest BCUT2D eigenvalue weighted by Crippen LogP contribution is 2.28. The van der Waals surface area contributed by atoms with Gasteiger partial charge >= 0.3 is 0 Å². The molecule has 0 saturated carbocycles. The lowest BCUT2D eigenvalue weighted by Gasteiger charge is -2.36. The molecule has 2 amide bonds. The molecule has 2 aromatic rings. The predicted molar refractivity (Wildman–Crippen MR) is 88.1 cm³/mol. The average Bonchev–Trinajstić information content (AvgIpc) is 3.16. The van der Waals surface area contributed by atoms with E-state index in [0.717, 1.165) is 9.88 Å². The van der Waals surface area contributed by atoms with Crippen LogP contribution >= 0.6 is 22.7 Å². The summed E-state index contributed by atoms with van der Waals surface area (Å²) in [5.41, 5.74) is 0.425. The van der Waals surface area contributed by atoms with Gasteiger partial charge in [0.15, 0.2) is 0 Å². The maximum Gasteiger partial charge on any atom is 0.274 e. The molecule has 0 aromatic carbocycles. The van der Waals surface area contributed by atoms with Gasteiger partial charge in [-0.15, -0.1) is 22.7 Å². The lowest BCUT2D eigenvalue weighted by Crippen LogP contribution is -2.59. The van der Waals surface area contributed by atoms with Gasteiger partial charge in [-0.25, -0.2) is 4.98 Å². The fourth-order valence-electron chi connectivity index (χ4n) is 2.61. The van der Waals surface area contributed by atoms with Crippen LogP contribution in [0.4, 0.5) is 0 Å². The zero-order chi connectivity index (χ0) is 15.7. The highest BCUT2D eigenvalue weighted by atomic mass is 32.1. The monoisotopic (exact) mass is 335 g/mol. The number of piperazine rings is 1. The molecular weight excluding hydrogens is 318 g/mol. The maximum absolute atomic E-state index is 12.7. The molecule has 3 heterocycles. The lowest BCUT2D eigenvalue weighted by atomic mass is 9.99. The van der Waals surface area contributed by atoms with Crippen molar-refractivity contribution in [2.45, 2.75) is 19.9 Å². The summed E-state index contributed by atoms with van der Waals surface area (Å²) in [6, 6.07) is 3.53. The number of thiazole rings is 1. The first kappa shape index (κ1) is 15.2. The van der Waals surface area contributed by atoms with Gasteiger partial charge in [0, 0.05) is 18.5 Å². The Bertz CT molecular complexity index is 679. The maximum atomic E-state index is 12.7. The molecule has 0 spiro atoms. The highest BCUT2D eigenvalue weighted by molar-refractivity contribution is 7.20. The first-order valence-corrected chi connectivity index (χ1v) is 8.92. The van der Waals surface area contributed by atoms with E-state index in [1.165, 1.54) is 11.3 Å². The van der Waals surface area contributed by atoms with E-state index in [-0.39, 0.29) is 17.7 Å². The quantitative estimate of drug-likeness (QED) is 0.937. The normalized spacial score (nSPS) is 18.6. The van der Waals surface area contributed by atoms with Crippen LogP contribution in [0, 0.1) is 5.92 Å². The van der Waals surface area contributed by atoms with Crippen LogP contribution in [0.15, 0.2) is 22.9 Å². The minimum Gasteiger partial charge on any atom is -0.353 e. The van der Waals surface area contributed by atoms with Crippen molar-refractivity contribution >= 4 is 34.5 Å². The summed E-state index contributed by atoms with van der Waals surface area (Å²) < 4.78 is 0. The molecule has 5 nitrogen and oxygen atoms in total. The van der Waals surface area contributed by atoms with Crippen molar-refractivity contribution in [1.29, 1.82) is 0 Å². The number of rotatable bonds is 3. The fourth-order valence-corrected chi connectivity index (χ4v) is 4.22. The molecule has 22 heavy (non-hydrogen) atoms. The molecule has 7 heteroatoms. The van der Waals surface area contributed by atoms with Crippen LogP contribution in [0.2, 0.25) is 0 Å². The van der Waals surface area contributed by atoms with Crippen molar-refractivity contribution < 1.29 is 9.59 Å². The number of amides is 2. The van der Waals surface area contributed by atoms with E-state index in [9.17, 15) is 9.59 Å². The Labute approximate surface area is 137 Å². The van der Waals surface area contributed by atoms with Crippen molar-refractivity contribution in [2.24, 2.45) is 5.92 Å². The molecule has 2 aromatic heterocycles. The van der Waals surface area contributed by atoms with Crippen molar-refractivity contribution in [2.75, 3.05) is 13.1 Å². The van der Waals surface area contributed by atoms with Gasteiger partial charge in [-0.3, -0.25) is 9.59 Å². The highest BCUT2D eigenvalue weighted by Gasteiger charge is 2.36. The Morgan fingerprint density at radius 3 is 2.95 bits per heavy atom. The third-order valence-electron chi connectivity index (χ3n) is 3.60. The minimum atomic E-state index is -0.423. The molecule has 3 rings (SSSR count). The van der Waals surface area contributed by atoms with Crippen LogP contribution in [-0.2, 0) is 4.79 Å². The summed E-state index contributed by atoms with van der Waals surface area (Å²) in [6.07, 6.45) is 0. The number of nitrogens with one attached hydrogen (secondary N) is 1. The fraction of sp³-hybridized carbons (Fsp3) is 0.400. The molecule has 1 fully saturated rings. The van der Waals surface area contributed by atoms with E-state index in [1.807, 2.05) is 31.4 Å². The average molecular weight is 335 g/mol. The van der Waals surface area contributed by atoms with Gasteiger partial charge in [-0.2, -0.15) is 0 Å². The van der Waals surface area contributed by atoms with Crippen LogP contribution < -0.4 is 5.32 Å². The molecule has 0 bridgehead atoms. The molecule has 1 atom stereocenters. The van der Waals surface area contributed by atoms with Crippen molar-refractivity contribution in [3.05, 3.63) is 28.6 Å². The Kier molecular flexibility index (Phi) is 4.26. The third kappa shape index (κ3) is 2.78. The van der Waals surface area contributed by atoms with E-state index in [4.69, 9.17) is 0 Å². The molecule has 1 saturated heterocycles. The number of carbonyl (C=O) groups is 2. The standard InChI is InChI=1S/C15H17N3O2S2/c1-9(2)12-13(19)16-5-6-18(12)15(20)10-8-22-14(17-10)11-4-3-7-21-11/h3-4,7-9,12H,5-6H2,1-2H3,(H,16,19)/t12-/m0/s1. The summed E-state index contributed by atoms with van der Waals surface area (Å²) in [5.74, 6) is -0.171. The topological polar surface area (TPSA) is 62.3 Å². The van der Waals surface area contributed by atoms with E-state index in [2.05, 4.69) is 10.3 Å². The number of aromatic nitrogens is 1. The van der Waals surface area contributed by atoms with Gasteiger partial charge in [0.1, 0.15) is 16.7 Å². The van der Waals surface area contributed by atoms with Gasteiger partial charge in [0.25, 0.3) is 5.91 Å². The zero-order valence-corrected chi connectivity index (χ0v) is 14.0. The molecule has 1 aliphatic heterocycles. The van der Waals surface area contributed by atoms with E-state index >= 15 is 0 Å². The summed E-state index contributed by atoms with van der Waals surface area (Å²) in [7, 11) is 0. The third-order valence-corrected chi connectivity index (χ3v) is 5.49. The van der Waals surface area contributed by atoms with Gasteiger partial charge < -0.3 is 10.2 Å². The zero-order valence-electron chi connectivity index (χ0n) is 12.4. The Balaban J connectivity index is 1.85. The first-order chi connectivity index (χ1) is 10.6. The van der Waals surface area contributed by atoms with Crippen molar-refractivity contribution in [1.82, 2.24) is 15.2 Å². The Morgan fingerprint density at radius 1 is 1.45 bits per heavy atom. The van der Waals surface area contributed by atoms with Gasteiger partial charge in [-0.1, -0.05) is 19.9 Å². The van der Waals surface area contributed by atoms with Crippen molar-refractivity contribution in [3.8, 4) is 9.88 Å². The lowest BCUT2D eigenvalue weighted by molar-refractivity contribution is -0.129. The van der Waals surface area contributed by atoms with Crippen LogP contribution in [0.5, 0.6) is 0 Å². The van der Waals surface area contributed by atoms with Crippen LogP contribution in [0.25, 0.3) is 9.88 Å². The van der Waals surface area contributed by atoms with Gasteiger partial charge in [0.2, 0.25) is 5.91 Å².